The van der Waals surface area contributed by atoms with Gasteiger partial charge in [-0.05, 0) is 27.0 Å². The maximum atomic E-state index is 12.3. The predicted octanol–water partition coefficient (Wildman–Crippen LogP) is 1.46. The second-order valence-corrected chi connectivity index (χ2v) is 7.71. The zero-order valence-electron chi connectivity index (χ0n) is 16.9. The van der Waals surface area contributed by atoms with E-state index in [0.717, 1.165) is 56.4 Å². The van der Waals surface area contributed by atoms with Crippen LogP contribution >= 0.6 is 0 Å². The molecule has 1 amide bonds. The summed E-state index contributed by atoms with van der Waals surface area (Å²) in [5.74, 6) is 0.781. The Morgan fingerprint density at radius 2 is 1.89 bits per heavy atom. The van der Waals surface area contributed by atoms with Gasteiger partial charge in [0.1, 0.15) is 5.60 Å². The fourth-order valence-electron chi connectivity index (χ4n) is 3.74. The van der Waals surface area contributed by atoms with Crippen LogP contribution in [0.25, 0.3) is 0 Å². The van der Waals surface area contributed by atoms with Crippen molar-refractivity contribution in [2.75, 3.05) is 64.9 Å². The Bertz CT molecular complexity index is 640. The van der Waals surface area contributed by atoms with Gasteiger partial charge in [0.25, 0.3) is 0 Å². The average molecular weight is 377 g/mol. The van der Waals surface area contributed by atoms with Crippen LogP contribution in [0, 0.1) is 13.8 Å². The highest BCUT2D eigenvalue weighted by molar-refractivity contribution is 5.70. The third-order valence-electron chi connectivity index (χ3n) is 5.40. The molecule has 0 saturated carbocycles. The fraction of sp³-hybridized carbons (Fsp3) is 0.737. The predicted molar refractivity (Wildman–Crippen MR) is 103 cm³/mol. The molecule has 2 saturated heterocycles. The van der Waals surface area contributed by atoms with Gasteiger partial charge in [0, 0.05) is 64.1 Å². The van der Waals surface area contributed by atoms with Gasteiger partial charge in [0.2, 0.25) is 5.95 Å². The summed E-state index contributed by atoms with van der Waals surface area (Å²) in [6.45, 7) is 9.31. The number of carbonyl (C=O) groups is 1. The Morgan fingerprint density at radius 1 is 1.22 bits per heavy atom. The summed E-state index contributed by atoms with van der Waals surface area (Å²) in [4.78, 5) is 27.7. The van der Waals surface area contributed by atoms with Crippen molar-refractivity contribution in [3.05, 3.63) is 17.5 Å². The molecule has 3 rings (SSSR count). The van der Waals surface area contributed by atoms with E-state index in [-0.39, 0.29) is 11.7 Å². The molecule has 3 heterocycles. The van der Waals surface area contributed by atoms with Crippen molar-refractivity contribution < 1.29 is 14.3 Å². The molecular weight excluding hydrogens is 346 g/mol. The van der Waals surface area contributed by atoms with Crippen LogP contribution in [0.5, 0.6) is 0 Å². The minimum absolute atomic E-state index is 0.189. The molecule has 2 aliphatic heterocycles. The molecule has 2 aliphatic rings. The zero-order chi connectivity index (χ0) is 19.4. The minimum Gasteiger partial charge on any atom is -0.441 e. The van der Waals surface area contributed by atoms with E-state index >= 15 is 0 Å². The number of nitrogens with zero attached hydrogens (tertiary/aromatic N) is 5. The van der Waals surface area contributed by atoms with E-state index < -0.39 is 0 Å². The maximum absolute atomic E-state index is 12.3. The molecule has 150 valence electrons. The molecule has 0 bridgehead atoms. The summed E-state index contributed by atoms with van der Waals surface area (Å²) in [7, 11) is 3.74. The van der Waals surface area contributed by atoms with Crippen molar-refractivity contribution in [2.24, 2.45) is 0 Å². The molecule has 1 spiro atoms. The van der Waals surface area contributed by atoms with Gasteiger partial charge in [-0.2, -0.15) is 0 Å². The third kappa shape index (κ3) is 4.87. The van der Waals surface area contributed by atoms with Gasteiger partial charge in [-0.25, -0.2) is 14.8 Å². The molecule has 8 nitrogen and oxygen atoms in total. The van der Waals surface area contributed by atoms with E-state index in [0.29, 0.717) is 19.7 Å². The van der Waals surface area contributed by atoms with Crippen molar-refractivity contribution in [3.63, 3.8) is 0 Å². The van der Waals surface area contributed by atoms with Gasteiger partial charge in [0.15, 0.2) is 0 Å². The first-order chi connectivity index (χ1) is 12.9. The number of carbonyl (C=O) groups excluding carboxylic acids is 1. The number of piperidine rings is 1. The molecule has 8 heteroatoms. The van der Waals surface area contributed by atoms with Gasteiger partial charge in [0.05, 0.1) is 13.2 Å². The normalized spacial score (nSPS) is 19.2. The number of amides is 1. The van der Waals surface area contributed by atoms with Crippen LogP contribution in [0.2, 0.25) is 0 Å². The molecular formula is C19H31N5O3. The Balaban J connectivity index is 1.53. The lowest BCUT2D eigenvalue weighted by molar-refractivity contribution is 0.0364. The van der Waals surface area contributed by atoms with Crippen molar-refractivity contribution >= 4 is 12.0 Å². The van der Waals surface area contributed by atoms with Crippen LogP contribution in [0.4, 0.5) is 10.7 Å². The van der Waals surface area contributed by atoms with Crippen LogP contribution in [-0.2, 0) is 9.47 Å². The number of aromatic nitrogens is 2. The second kappa shape index (κ2) is 8.39. The summed E-state index contributed by atoms with van der Waals surface area (Å²) in [5.41, 5.74) is 1.60. The number of rotatable bonds is 7. The average Bonchev–Trinajstić information content (AvgIpc) is 2.93. The first-order valence-corrected chi connectivity index (χ1v) is 9.63. The lowest BCUT2D eigenvalue weighted by Gasteiger charge is -2.37. The lowest BCUT2D eigenvalue weighted by atomic mass is 9.91. The van der Waals surface area contributed by atoms with Crippen molar-refractivity contribution in [2.45, 2.75) is 32.3 Å². The van der Waals surface area contributed by atoms with Gasteiger partial charge in [-0.3, -0.25) is 0 Å². The number of methoxy groups -OCH3 is 1. The summed E-state index contributed by atoms with van der Waals surface area (Å²) in [6, 6.07) is 1.98. The molecule has 27 heavy (non-hydrogen) atoms. The first-order valence-electron chi connectivity index (χ1n) is 9.63. The van der Waals surface area contributed by atoms with Crippen LogP contribution in [-0.4, -0.2) is 91.5 Å². The summed E-state index contributed by atoms with van der Waals surface area (Å²) < 4.78 is 10.9. The Labute approximate surface area is 161 Å². The van der Waals surface area contributed by atoms with E-state index in [1.165, 1.54) is 0 Å². The van der Waals surface area contributed by atoms with E-state index in [1.54, 1.807) is 7.11 Å². The third-order valence-corrected chi connectivity index (χ3v) is 5.40. The molecule has 2 fully saturated rings. The molecule has 0 aliphatic carbocycles. The van der Waals surface area contributed by atoms with Crippen molar-refractivity contribution in [1.29, 1.82) is 0 Å². The molecule has 0 N–H and O–H groups in total. The Kier molecular flexibility index (Phi) is 6.16. The quantitative estimate of drug-likeness (QED) is 0.712. The number of likely N-dealkylation sites (N-methyl/N-ethyl adjacent to an activating group) is 1. The number of aryl methyl sites for hydroxylation is 2. The van der Waals surface area contributed by atoms with Gasteiger partial charge < -0.3 is 24.2 Å². The monoisotopic (exact) mass is 377 g/mol. The molecule has 0 atom stereocenters. The highest BCUT2D eigenvalue weighted by Gasteiger charge is 2.47. The van der Waals surface area contributed by atoms with Gasteiger partial charge in [-0.1, -0.05) is 0 Å². The lowest BCUT2D eigenvalue weighted by Crippen LogP contribution is -2.47. The molecule has 0 radical (unpaired) electrons. The van der Waals surface area contributed by atoms with E-state index in [9.17, 15) is 4.79 Å². The number of ether oxygens (including phenoxy) is 2. The van der Waals surface area contributed by atoms with Crippen LogP contribution in [0.3, 0.4) is 0 Å². The first kappa shape index (κ1) is 19.8. The molecule has 0 aromatic carbocycles. The van der Waals surface area contributed by atoms with E-state index in [1.807, 2.05) is 31.9 Å². The molecule has 0 unspecified atom stereocenters. The summed E-state index contributed by atoms with van der Waals surface area (Å²) in [6.07, 6.45) is 1.43. The summed E-state index contributed by atoms with van der Waals surface area (Å²) >= 11 is 0. The van der Waals surface area contributed by atoms with Gasteiger partial charge in [-0.15, -0.1) is 0 Å². The fourth-order valence-corrected chi connectivity index (χ4v) is 3.74. The molecule has 1 aromatic heterocycles. The highest BCUT2D eigenvalue weighted by Crippen LogP contribution is 2.34. The second-order valence-electron chi connectivity index (χ2n) is 7.71. The zero-order valence-corrected chi connectivity index (χ0v) is 16.9. The Hall–Kier alpha value is -1.93. The largest absolute Gasteiger partial charge is 0.441 e. The Morgan fingerprint density at radius 3 is 2.52 bits per heavy atom. The van der Waals surface area contributed by atoms with Crippen molar-refractivity contribution in [1.82, 2.24) is 19.8 Å². The maximum Gasteiger partial charge on any atom is 0.410 e. The van der Waals surface area contributed by atoms with E-state index in [2.05, 4.69) is 19.8 Å². The smallest absolute Gasteiger partial charge is 0.410 e. The topological polar surface area (TPSA) is 71.0 Å². The highest BCUT2D eigenvalue weighted by atomic mass is 16.6. The van der Waals surface area contributed by atoms with Crippen LogP contribution < -0.4 is 4.90 Å². The number of hydrogen-bond donors (Lipinski definition) is 0. The number of hydrogen-bond acceptors (Lipinski definition) is 7. The number of anilines is 1. The molecule has 1 aromatic rings. The van der Waals surface area contributed by atoms with Crippen molar-refractivity contribution in [3.8, 4) is 0 Å². The van der Waals surface area contributed by atoms with Crippen LogP contribution in [0.15, 0.2) is 6.07 Å². The summed E-state index contributed by atoms with van der Waals surface area (Å²) in [5, 5.41) is 0. The van der Waals surface area contributed by atoms with Gasteiger partial charge >= 0.3 is 6.09 Å². The van der Waals surface area contributed by atoms with E-state index in [4.69, 9.17) is 9.47 Å². The minimum atomic E-state index is -0.364. The SMILES string of the molecule is COCCN(C)CCN1CC2(CCN(c3nc(C)cc(C)n3)CC2)OC1=O. The standard InChI is InChI=1S/C19H31N5O3/c1-15-13-16(2)21-17(20-15)23-7-5-19(6-8-23)14-24(18(25)27-19)10-9-22(3)11-12-26-4/h13H,5-12,14H2,1-4H3. The van der Waals surface area contributed by atoms with Crippen LogP contribution in [0.1, 0.15) is 24.2 Å².